The van der Waals surface area contributed by atoms with Gasteiger partial charge in [-0.15, -0.1) is 0 Å². The van der Waals surface area contributed by atoms with Gasteiger partial charge in [0.1, 0.15) is 12.0 Å². The van der Waals surface area contributed by atoms with E-state index >= 15 is 0 Å². The highest BCUT2D eigenvalue weighted by molar-refractivity contribution is 5.97. The van der Waals surface area contributed by atoms with E-state index in [-0.39, 0.29) is 12.0 Å². The van der Waals surface area contributed by atoms with E-state index in [9.17, 15) is 4.79 Å². The third-order valence-electron chi connectivity index (χ3n) is 5.44. The number of nitrogens with one attached hydrogen (secondary N) is 1. The Morgan fingerprint density at radius 2 is 2.10 bits per heavy atom. The zero-order valence-electron chi connectivity index (χ0n) is 16.7. The number of carbonyl (C=O) groups excluding carboxylic acids is 1. The number of amides is 1. The highest BCUT2D eigenvalue weighted by Gasteiger charge is 2.27. The maximum Gasteiger partial charge on any atom is 0.255 e. The van der Waals surface area contributed by atoms with Crippen LogP contribution in [0.4, 0.5) is 0 Å². The predicted molar refractivity (Wildman–Crippen MR) is 112 cm³/mol. The van der Waals surface area contributed by atoms with Gasteiger partial charge < -0.3 is 14.2 Å². The monoisotopic (exact) mass is 402 g/mol. The molecule has 1 amide bonds. The van der Waals surface area contributed by atoms with Crippen LogP contribution >= 0.6 is 0 Å². The van der Waals surface area contributed by atoms with Gasteiger partial charge in [-0.25, -0.2) is 9.97 Å². The van der Waals surface area contributed by atoms with Crippen molar-refractivity contribution in [1.29, 1.82) is 0 Å². The van der Waals surface area contributed by atoms with Crippen molar-refractivity contribution in [3.05, 3.63) is 60.7 Å². The minimum atomic E-state index is 0.00997. The fourth-order valence-corrected chi connectivity index (χ4v) is 3.94. The van der Waals surface area contributed by atoms with Crippen LogP contribution in [0.2, 0.25) is 0 Å². The molecule has 3 aromatic heterocycles. The molecule has 1 aliphatic rings. The van der Waals surface area contributed by atoms with Gasteiger partial charge in [0, 0.05) is 48.7 Å². The van der Waals surface area contributed by atoms with Gasteiger partial charge in [-0.2, -0.15) is 5.10 Å². The Morgan fingerprint density at radius 3 is 2.87 bits per heavy atom. The molecular weight excluding hydrogens is 380 g/mol. The van der Waals surface area contributed by atoms with Crippen molar-refractivity contribution in [2.75, 3.05) is 19.7 Å². The normalized spacial score (nSPS) is 16.4. The molecule has 8 heteroatoms. The maximum atomic E-state index is 12.9. The standard InChI is InChI=1S/C22H22N6O2/c1-2-30-19-8-9-27(13-19)22(29)17-11-16-7-10-28(21(16)23-12-17)18-5-3-15(4-6-18)20-24-14-25-26-20/h3-7,10-12,14,19H,2,8-9,13H2,1H3,(H,24,25,26)/t19-/m1/s1. The average molecular weight is 402 g/mol. The van der Waals surface area contributed by atoms with Gasteiger partial charge in [-0.3, -0.25) is 9.89 Å². The number of ether oxygens (including phenoxy) is 1. The molecule has 4 heterocycles. The van der Waals surface area contributed by atoms with Crippen molar-refractivity contribution in [1.82, 2.24) is 29.6 Å². The van der Waals surface area contributed by atoms with Gasteiger partial charge in [0.05, 0.1) is 11.7 Å². The molecule has 0 bridgehead atoms. The quantitative estimate of drug-likeness (QED) is 0.554. The SMILES string of the molecule is CCO[C@@H]1CCN(C(=O)c2cnc3c(ccn3-c3ccc(-c4ncn[nH]4)cc3)c2)C1. The fourth-order valence-electron chi connectivity index (χ4n) is 3.94. The van der Waals surface area contributed by atoms with E-state index < -0.39 is 0 Å². The number of rotatable bonds is 5. The fraction of sp³-hybridized carbons (Fsp3) is 0.273. The molecule has 1 aliphatic heterocycles. The first-order chi connectivity index (χ1) is 14.7. The summed E-state index contributed by atoms with van der Waals surface area (Å²) in [4.78, 5) is 23.5. The second kappa shape index (κ2) is 7.72. The Labute approximate surface area is 173 Å². The van der Waals surface area contributed by atoms with Crippen LogP contribution in [-0.4, -0.2) is 61.3 Å². The number of hydrogen-bond acceptors (Lipinski definition) is 5. The molecule has 8 nitrogen and oxygen atoms in total. The molecule has 0 saturated carbocycles. The van der Waals surface area contributed by atoms with Gasteiger partial charge >= 0.3 is 0 Å². The Bertz CT molecular complexity index is 1170. The van der Waals surface area contributed by atoms with Crippen LogP contribution in [-0.2, 0) is 4.74 Å². The molecule has 4 aromatic rings. The second-order valence-electron chi connectivity index (χ2n) is 7.32. The number of benzene rings is 1. The Hall–Kier alpha value is -3.52. The summed E-state index contributed by atoms with van der Waals surface area (Å²) in [6, 6.07) is 11.9. The van der Waals surface area contributed by atoms with E-state index in [4.69, 9.17) is 4.74 Å². The highest BCUT2D eigenvalue weighted by atomic mass is 16.5. The smallest absolute Gasteiger partial charge is 0.255 e. The first-order valence-electron chi connectivity index (χ1n) is 10.1. The van der Waals surface area contributed by atoms with Gasteiger partial charge in [0.15, 0.2) is 5.82 Å². The molecule has 1 atom stereocenters. The van der Waals surface area contributed by atoms with Gasteiger partial charge in [-0.1, -0.05) is 0 Å². The summed E-state index contributed by atoms with van der Waals surface area (Å²) in [5.74, 6) is 0.740. The summed E-state index contributed by atoms with van der Waals surface area (Å²) in [6.07, 6.45) is 6.14. The number of aromatic nitrogens is 5. The summed E-state index contributed by atoms with van der Waals surface area (Å²) in [5, 5.41) is 7.68. The van der Waals surface area contributed by atoms with Crippen molar-refractivity contribution in [3.8, 4) is 17.1 Å². The number of fused-ring (bicyclic) bond motifs is 1. The Morgan fingerprint density at radius 1 is 1.23 bits per heavy atom. The molecule has 0 aliphatic carbocycles. The van der Waals surface area contributed by atoms with Crippen molar-refractivity contribution < 1.29 is 9.53 Å². The summed E-state index contributed by atoms with van der Waals surface area (Å²) < 4.78 is 7.66. The number of likely N-dealkylation sites (tertiary alicyclic amines) is 1. The van der Waals surface area contributed by atoms with E-state index in [0.29, 0.717) is 18.7 Å². The number of hydrogen-bond donors (Lipinski definition) is 1. The lowest BCUT2D eigenvalue weighted by Gasteiger charge is -2.16. The van der Waals surface area contributed by atoms with Crippen molar-refractivity contribution in [2.24, 2.45) is 0 Å². The van der Waals surface area contributed by atoms with E-state index in [1.165, 1.54) is 6.33 Å². The highest BCUT2D eigenvalue weighted by Crippen LogP contribution is 2.23. The van der Waals surface area contributed by atoms with Crippen LogP contribution in [0.15, 0.2) is 55.1 Å². The number of H-pyrrole nitrogens is 1. The summed E-state index contributed by atoms with van der Waals surface area (Å²) in [5.41, 5.74) is 3.37. The Balaban J connectivity index is 1.38. The number of aromatic amines is 1. The third-order valence-corrected chi connectivity index (χ3v) is 5.44. The second-order valence-corrected chi connectivity index (χ2v) is 7.32. The number of nitrogens with zero attached hydrogens (tertiary/aromatic N) is 5. The lowest BCUT2D eigenvalue weighted by atomic mass is 10.2. The average Bonchev–Trinajstić information content (AvgIpc) is 3.54. The van der Waals surface area contributed by atoms with Gasteiger partial charge in [0.25, 0.3) is 5.91 Å². The van der Waals surface area contributed by atoms with Gasteiger partial charge in [-0.05, 0) is 49.7 Å². The third kappa shape index (κ3) is 3.35. The largest absolute Gasteiger partial charge is 0.377 e. The molecule has 5 rings (SSSR count). The minimum absolute atomic E-state index is 0.00997. The first kappa shape index (κ1) is 18.5. The lowest BCUT2D eigenvalue weighted by molar-refractivity contribution is 0.0598. The van der Waals surface area contributed by atoms with E-state index in [0.717, 1.165) is 41.1 Å². The Kier molecular flexibility index (Phi) is 4.76. The minimum Gasteiger partial charge on any atom is -0.377 e. The molecule has 152 valence electrons. The first-order valence-corrected chi connectivity index (χ1v) is 10.1. The van der Waals surface area contributed by atoms with E-state index in [2.05, 4.69) is 20.2 Å². The number of pyridine rings is 1. The molecule has 1 aromatic carbocycles. The van der Waals surface area contributed by atoms with E-state index in [1.54, 1.807) is 6.20 Å². The molecule has 30 heavy (non-hydrogen) atoms. The van der Waals surface area contributed by atoms with Crippen LogP contribution in [0.25, 0.3) is 28.1 Å². The molecule has 0 spiro atoms. The molecule has 0 unspecified atom stereocenters. The molecule has 1 saturated heterocycles. The topological polar surface area (TPSA) is 88.9 Å². The van der Waals surface area contributed by atoms with Gasteiger partial charge in [0.2, 0.25) is 0 Å². The van der Waals surface area contributed by atoms with Crippen molar-refractivity contribution in [3.63, 3.8) is 0 Å². The van der Waals surface area contributed by atoms with Crippen molar-refractivity contribution >= 4 is 16.9 Å². The predicted octanol–water partition coefficient (Wildman–Crippen LogP) is 3.06. The van der Waals surface area contributed by atoms with E-state index in [1.807, 2.05) is 59.0 Å². The molecular formula is C22H22N6O2. The summed E-state index contributed by atoms with van der Waals surface area (Å²) in [6.45, 7) is 4.02. The van der Waals surface area contributed by atoms with Crippen molar-refractivity contribution in [2.45, 2.75) is 19.4 Å². The summed E-state index contributed by atoms with van der Waals surface area (Å²) in [7, 11) is 0. The summed E-state index contributed by atoms with van der Waals surface area (Å²) >= 11 is 0. The number of carbonyl (C=O) groups is 1. The van der Waals surface area contributed by atoms with Crippen LogP contribution in [0.5, 0.6) is 0 Å². The molecule has 1 fully saturated rings. The lowest BCUT2D eigenvalue weighted by Crippen LogP contribution is -2.30. The van der Waals surface area contributed by atoms with Crippen LogP contribution in [0, 0.1) is 0 Å². The molecule has 0 radical (unpaired) electrons. The zero-order valence-corrected chi connectivity index (χ0v) is 16.7. The zero-order chi connectivity index (χ0) is 20.5. The van der Waals surface area contributed by atoms with Crippen LogP contribution in [0.1, 0.15) is 23.7 Å². The van der Waals surface area contributed by atoms with Crippen LogP contribution < -0.4 is 0 Å². The molecule has 1 N–H and O–H groups in total. The van der Waals surface area contributed by atoms with Crippen LogP contribution in [0.3, 0.4) is 0 Å². The maximum absolute atomic E-state index is 12.9.